The zero-order valence-corrected chi connectivity index (χ0v) is 19.2. The highest BCUT2D eigenvalue weighted by atomic mass is 16.3. The number of aromatic nitrogens is 2. The van der Waals surface area contributed by atoms with Crippen LogP contribution in [0.4, 0.5) is 0 Å². The van der Waals surface area contributed by atoms with Gasteiger partial charge in [0, 0.05) is 30.2 Å². The summed E-state index contributed by atoms with van der Waals surface area (Å²) in [6.45, 7) is 2.42. The van der Waals surface area contributed by atoms with Crippen LogP contribution in [0.3, 0.4) is 0 Å². The molecule has 0 aliphatic carbocycles. The third-order valence-corrected chi connectivity index (χ3v) is 5.94. The summed E-state index contributed by atoms with van der Waals surface area (Å²) >= 11 is 0. The Balaban J connectivity index is 1.61. The van der Waals surface area contributed by atoms with Crippen LogP contribution in [0, 0.1) is 5.41 Å². The van der Waals surface area contributed by atoms with E-state index in [1.54, 1.807) is 10.8 Å². The molecule has 0 aliphatic heterocycles. The SMILES string of the molecule is CCc1ncc(Cc2ccc(CO)cc2)c(=O)n1Cc1ccc(-c2ccccc2C(=N)N)cc1. The highest BCUT2D eigenvalue weighted by Gasteiger charge is 2.12. The van der Waals surface area contributed by atoms with Crippen molar-refractivity contribution in [3.63, 3.8) is 0 Å². The molecule has 0 bridgehead atoms. The summed E-state index contributed by atoms with van der Waals surface area (Å²) < 4.78 is 1.75. The minimum atomic E-state index is -0.0379. The molecule has 0 amide bonds. The molecule has 0 atom stereocenters. The zero-order valence-electron chi connectivity index (χ0n) is 19.2. The number of aliphatic hydroxyl groups is 1. The first-order valence-electron chi connectivity index (χ1n) is 11.3. The minimum Gasteiger partial charge on any atom is -0.392 e. The van der Waals surface area contributed by atoms with E-state index in [1.807, 2.05) is 79.7 Å². The van der Waals surface area contributed by atoms with Gasteiger partial charge in [0.15, 0.2) is 0 Å². The maximum Gasteiger partial charge on any atom is 0.257 e. The number of amidine groups is 1. The van der Waals surface area contributed by atoms with Crippen molar-refractivity contribution in [2.75, 3.05) is 0 Å². The molecule has 0 radical (unpaired) electrons. The van der Waals surface area contributed by atoms with Gasteiger partial charge in [-0.15, -0.1) is 0 Å². The van der Waals surface area contributed by atoms with E-state index in [2.05, 4.69) is 4.98 Å². The van der Waals surface area contributed by atoms with E-state index in [9.17, 15) is 9.90 Å². The third-order valence-electron chi connectivity index (χ3n) is 5.94. The molecule has 172 valence electrons. The lowest BCUT2D eigenvalue weighted by molar-refractivity contribution is 0.282. The van der Waals surface area contributed by atoms with Crippen LogP contribution >= 0.6 is 0 Å². The van der Waals surface area contributed by atoms with Gasteiger partial charge in [0.05, 0.1) is 13.2 Å². The summed E-state index contributed by atoms with van der Waals surface area (Å²) in [5, 5.41) is 17.1. The summed E-state index contributed by atoms with van der Waals surface area (Å²) in [5.74, 6) is 0.781. The fraction of sp³-hybridized carbons (Fsp3) is 0.179. The molecule has 0 saturated carbocycles. The zero-order chi connectivity index (χ0) is 24.1. The molecular formula is C28H28N4O2. The van der Waals surface area contributed by atoms with Crippen LogP contribution in [0.15, 0.2) is 83.8 Å². The normalized spacial score (nSPS) is 10.9. The lowest BCUT2D eigenvalue weighted by Crippen LogP contribution is -2.28. The molecule has 6 nitrogen and oxygen atoms in total. The molecule has 1 aromatic heterocycles. The fourth-order valence-electron chi connectivity index (χ4n) is 4.06. The first-order chi connectivity index (χ1) is 16.5. The van der Waals surface area contributed by atoms with Gasteiger partial charge in [-0.25, -0.2) is 4.98 Å². The predicted molar refractivity (Wildman–Crippen MR) is 135 cm³/mol. The first kappa shape index (κ1) is 23.1. The van der Waals surface area contributed by atoms with E-state index < -0.39 is 0 Å². The molecule has 0 unspecified atom stereocenters. The largest absolute Gasteiger partial charge is 0.392 e. The van der Waals surface area contributed by atoms with E-state index in [0.717, 1.165) is 33.6 Å². The van der Waals surface area contributed by atoms with Crippen molar-refractivity contribution < 1.29 is 5.11 Å². The van der Waals surface area contributed by atoms with E-state index >= 15 is 0 Å². The number of nitrogens with zero attached hydrogens (tertiary/aromatic N) is 2. The van der Waals surface area contributed by atoms with Gasteiger partial charge in [-0.05, 0) is 27.8 Å². The summed E-state index contributed by atoms with van der Waals surface area (Å²) in [4.78, 5) is 17.9. The number of benzene rings is 3. The number of hydrogen-bond acceptors (Lipinski definition) is 4. The van der Waals surface area contributed by atoms with Gasteiger partial charge >= 0.3 is 0 Å². The Kier molecular flexibility index (Phi) is 6.99. The van der Waals surface area contributed by atoms with Crippen LogP contribution in [-0.2, 0) is 26.0 Å². The topological polar surface area (TPSA) is 105 Å². The lowest BCUT2D eigenvalue weighted by Gasteiger charge is -2.14. The summed E-state index contributed by atoms with van der Waals surface area (Å²) in [6, 6.07) is 23.2. The Morgan fingerprint density at radius 2 is 1.62 bits per heavy atom. The Hall–Kier alpha value is -4.03. The second-order valence-corrected chi connectivity index (χ2v) is 8.25. The van der Waals surface area contributed by atoms with Crippen LogP contribution in [0.1, 0.15) is 40.6 Å². The molecule has 34 heavy (non-hydrogen) atoms. The van der Waals surface area contributed by atoms with Gasteiger partial charge in [0.2, 0.25) is 0 Å². The third kappa shape index (κ3) is 4.97. The Morgan fingerprint density at radius 1 is 0.971 bits per heavy atom. The molecule has 0 fully saturated rings. The van der Waals surface area contributed by atoms with Gasteiger partial charge in [-0.2, -0.15) is 0 Å². The molecule has 6 heteroatoms. The Labute approximate surface area is 198 Å². The average molecular weight is 453 g/mol. The van der Waals surface area contributed by atoms with E-state index in [4.69, 9.17) is 11.1 Å². The maximum absolute atomic E-state index is 13.3. The van der Waals surface area contributed by atoms with E-state index in [0.29, 0.717) is 30.5 Å². The standard InChI is InChI=1S/C28H28N4O2/c1-2-26-31-16-23(15-19-7-9-21(18-33)10-8-19)28(34)32(26)17-20-11-13-22(14-12-20)24-5-3-4-6-25(24)27(29)30/h3-14,16,33H,2,15,17-18H2,1H3,(H3,29,30). The van der Waals surface area contributed by atoms with Crippen LogP contribution in [0.2, 0.25) is 0 Å². The fourth-order valence-corrected chi connectivity index (χ4v) is 4.06. The van der Waals surface area contributed by atoms with Crippen LogP contribution in [0.25, 0.3) is 11.1 Å². The average Bonchev–Trinajstić information content (AvgIpc) is 2.87. The van der Waals surface area contributed by atoms with E-state index in [1.165, 1.54) is 0 Å². The molecule has 4 aromatic rings. The summed E-state index contributed by atoms with van der Waals surface area (Å²) in [7, 11) is 0. The molecule has 3 aromatic carbocycles. The van der Waals surface area contributed by atoms with Crippen LogP contribution in [0.5, 0.6) is 0 Å². The summed E-state index contributed by atoms with van der Waals surface area (Å²) in [6.07, 6.45) is 2.83. The van der Waals surface area contributed by atoms with Crippen molar-refractivity contribution in [1.29, 1.82) is 5.41 Å². The smallest absolute Gasteiger partial charge is 0.257 e. The molecule has 0 aliphatic rings. The molecule has 0 spiro atoms. The highest BCUT2D eigenvalue weighted by Crippen LogP contribution is 2.24. The summed E-state index contributed by atoms with van der Waals surface area (Å²) in [5.41, 5.74) is 11.8. The first-order valence-corrected chi connectivity index (χ1v) is 11.3. The van der Waals surface area contributed by atoms with Gasteiger partial charge in [-0.1, -0.05) is 79.7 Å². The van der Waals surface area contributed by atoms with Crippen molar-refractivity contribution in [2.45, 2.75) is 32.9 Å². The van der Waals surface area contributed by atoms with Gasteiger partial charge in [0.1, 0.15) is 11.7 Å². The Morgan fingerprint density at radius 3 is 2.26 bits per heavy atom. The molecule has 0 saturated heterocycles. The van der Waals surface area contributed by atoms with Crippen LogP contribution in [-0.4, -0.2) is 20.5 Å². The van der Waals surface area contributed by atoms with Gasteiger partial charge in [0.25, 0.3) is 5.56 Å². The van der Waals surface area contributed by atoms with Gasteiger partial charge < -0.3 is 10.8 Å². The van der Waals surface area contributed by atoms with Gasteiger partial charge in [-0.3, -0.25) is 14.8 Å². The van der Waals surface area contributed by atoms with Crippen molar-refractivity contribution in [3.8, 4) is 11.1 Å². The van der Waals surface area contributed by atoms with Crippen molar-refractivity contribution in [2.24, 2.45) is 5.73 Å². The van der Waals surface area contributed by atoms with Crippen molar-refractivity contribution in [1.82, 2.24) is 9.55 Å². The van der Waals surface area contributed by atoms with Crippen molar-refractivity contribution in [3.05, 3.63) is 123 Å². The molecule has 1 heterocycles. The molecule has 4 N–H and O–H groups in total. The van der Waals surface area contributed by atoms with Crippen LogP contribution < -0.4 is 11.3 Å². The van der Waals surface area contributed by atoms with E-state index in [-0.39, 0.29) is 18.0 Å². The van der Waals surface area contributed by atoms with Crippen molar-refractivity contribution >= 4 is 5.84 Å². The number of nitrogens with two attached hydrogens (primary N) is 1. The maximum atomic E-state index is 13.3. The number of hydrogen-bond donors (Lipinski definition) is 3. The second kappa shape index (κ2) is 10.3. The minimum absolute atomic E-state index is 0.00103. The number of nitrogens with one attached hydrogen (secondary N) is 1. The highest BCUT2D eigenvalue weighted by molar-refractivity contribution is 6.01. The predicted octanol–water partition coefficient (Wildman–Crippen LogP) is 3.89. The lowest BCUT2D eigenvalue weighted by atomic mass is 9.98. The number of aliphatic hydroxyl groups excluding tert-OH is 1. The number of aryl methyl sites for hydroxylation is 1. The quantitative estimate of drug-likeness (QED) is 0.279. The monoisotopic (exact) mass is 452 g/mol. The number of rotatable bonds is 8. The number of nitrogen functional groups attached to an aromatic ring is 1. The second-order valence-electron chi connectivity index (χ2n) is 8.25. The Bertz CT molecular complexity index is 1360. The molecule has 4 rings (SSSR count). The molecular weight excluding hydrogens is 424 g/mol.